The maximum Gasteiger partial charge on any atom is 0.318 e. The standard InChI is InChI=1S/C26H23ClN4O2/c1-26(2,19-11-7-4-8-12-19)24(32)28-16-17-13-14-21(27)20(15-17)23-29-22(30-25(33)31-23)18-9-5-3-6-10-18/h3-15H,16H2,1-2H3,(H,28,32)(H,29,30,31,33). The summed E-state index contributed by atoms with van der Waals surface area (Å²) in [5.74, 6) is 0.510. The first-order chi connectivity index (χ1) is 15.8. The maximum atomic E-state index is 12.9. The van der Waals surface area contributed by atoms with E-state index in [-0.39, 0.29) is 11.7 Å². The van der Waals surface area contributed by atoms with Gasteiger partial charge >= 0.3 is 6.01 Å². The molecule has 0 saturated heterocycles. The van der Waals surface area contributed by atoms with Crippen LogP contribution >= 0.6 is 11.6 Å². The van der Waals surface area contributed by atoms with Crippen LogP contribution in [-0.4, -0.2) is 26.0 Å². The average molecular weight is 459 g/mol. The lowest BCUT2D eigenvalue weighted by molar-refractivity contribution is -0.125. The van der Waals surface area contributed by atoms with Gasteiger partial charge in [-0.25, -0.2) is 4.98 Å². The van der Waals surface area contributed by atoms with E-state index in [0.29, 0.717) is 23.0 Å². The minimum Gasteiger partial charge on any atom is -0.479 e. The summed E-state index contributed by atoms with van der Waals surface area (Å²) in [5.41, 5.74) is 2.38. The number of rotatable bonds is 6. The molecule has 0 atom stereocenters. The SMILES string of the molecule is CC(C)(C(=O)NCc1ccc(Cl)c(-c2nc(O)nc(-c3ccccc3)n2)c1)c1ccccc1. The summed E-state index contributed by atoms with van der Waals surface area (Å²) in [5, 5.41) is 13.5. The van der Waals surface area contributed by atoms with E-state index in [2.05, 4.69) is 20.3 Å². The van der Waals surface area contributed by atoms with Crippen molar-refractivity contribution in [3.8, 4) is 28.8 Å². The summed E-state index contributed by atoms with van der Waals surface area (Å²) in [6, 6.07) is 23.9. The van der Waals surface area contributed by atoms with Gasteiger partial charge in [-0.15, -0.1) is 0 Å². The highest BCUT2D eigenvalue weighted by atomic mass is 35.5. The first kappa shape index (κ1) is 22.4. The number of nitrogens with one attached hydrogen (secondary N) is 1. The number of halogens is 1. The van der Waals surface area contributed by atoms with Crippen molar-refractivity contribution in [1.29, 1.82) is 0 Å². The van der Waals surface area contributed by atoms with Gasteiger partial charge in [0.2, 0.25) is 5.91 Å². The van der Waals surface area contributed by atoms with Crippen LogP contribution in [0.25, 0.3) is 22.8 Å². The van der Waals surface area contributed by atoms with Crippen LogP contribution in [0.5, 0.6) is 6.01 Å². The smallest absolute Gasteiger partial charge is 0.318 e. The molecular weight excluding hydrogens is 436 g/mol. The Morgan fingerprint density at radius 2 is 1.55 bits per heavy atom. The molecule has 0 radical (unpaired) electrons. The maximum absolute atomic E-state index is 12.9. The zero-order chi connectivity index (χ0) is 23.4. The second-order valence-corrected chi connectivity index (χ2v) is 8.54. The second kappa shape index (κ2) is 9.38. The summed E-state index contributed by atoms with van der Waals surface area (Å²) in [6.45, 7) is 4.09. The molecule has 2 N–H and O–H groups in total. The number of amides is 1. The van der Waals surface area contributed by atoms with E-state index < -0.39 is 11.4 Å². The van der Waals surface area contributed by atoms with Gasteiger partial charge < -0.3 is 10.4 Å². The summed E-state index contributed by atoms with van der Waals surface area (Å²) in [4.78, 5) is 25.5. The van der Waals surface area contributed by atoms with E-state index in [4.69, 9.17) is 11.6 Å². The Hall–Kier alpha value is -3.77. The third-order valence-corrected chi connectivity index (χ3v) is 5.77. The van der Waals surface area contributed by atoms with Gasteiger partial charge in [0.05, 0.1) is 10.4 Å². The van der Waals surface area contributed by atoms with Gasteiger partial charge in [-0.2, -0.15) is 9.97 Å². The van der Waals surface area contributed by atoms with E-state index in [1.807, 2.05) is 86.6 Å². The number of aromatic hydroxyl groups is 1. The quantitative estimate of drug-likeness (QED) is 0.416. The van der Waals surface area contributed by atoms with Crippen LogP contribution in [0, 0.1) is 0 Å². The van der Waals surface area contributed by atoms with Crippen LogP contribution < -0.4 is 5.32 Å². The third-order valence-electron chi connectivity index (χ3n) is 5.44. The number of hydrogen-bond donors (Lipinski definition) is 2. The lowest BCUT2D eigenvalue weighted by Crippen LogP contribution is -2.39. The molecule has 33 heavy (non-hydrogen) atoms. The molecule has 1 aromatic heterocycles. The molecule has 0 aliphatic heterocycles. The molecule has 0 fully saturated rings. The number of hydrogen-bond acceptors (Lipinski definition) is 5. The van der Waals surface area contributed by atoms with Crippen molar-refractivity contribution < 1.29 is 9.90 Å². The molecule has 0 aliphatic carbocycles. The zero-order valence-electron chi connectivity index (χ0n) is 18.3. The lowest BCUT2D eigenvalue weighted by atomic mass is 9.84. The van der Waals surface area contributed by atoms with E-state index in [0.717, 1.165) is 16.7 Å². The summed E-state index contributed by atoms with van der Waals surface area (Å²) in [6.07, 6.45) is 0. The molecule has 0 aliphatic rings. The average Bonchev–Trinajstić information content (AvgIpc) is 2.84. The van der Waals surface area contributed by atoms with Crippen LogP contribution in [-0.2, 0) is 16.8 Å². The van der Waals surface area contributed by atoms with Crippen LogP contribution in [0.4, 0.5) is 0 Å². The highest BCUT2D eigenvalue weighted by Crippen LogP contribution is 2.29. The molecule has 166 valence electrons. The monoisotopic (exact) mass is 458 g/mol. The van der Waals surface area contributed by atoms with Crippen molar-refractivity contribution in [2.24, 2.45) is 0 Å². The molecule has 3 aromatic carbocycles. The summed E-state index contributed by atoms with van der Waals surface area (Å²) >= 11 is 6.43. The van der Waals surface area contributed by atoms with Crippen LogP contribution in [0.1, 0.15) is 25.0 Å². The number of benzene rings is 3. The fourth-order valence-corrected chi connectivity index (χ4v) is 3.65. The van der Waals surface area contributed by atoms with E-state index in [9.17, 15) is 9.90 Å². The van der Waals surface area contributed by atoms with Crippen molar-refractivity contribution in [1.82, 2.24) is 20.3 Å². The molecule has 7 heteroatoms. The Morgan fingerprint density at radius 1 is 0.909 bits per heavy atom. The molecule has 0 unspecified atom stereocenters. The highest BCUT2D eigenvalue weighted by molar-refractivity contribution is 6.33. The molecular formula is C26H23ClN4O2. The highest BCUT2D eigenvalue weighted by Gasteiger charge is 2.29. The number of aromatic nitrogens is 3. The number of carbonyl (C=O) groups is 1. The molecule has 6 nitrogen and oxygen atoms in total. The summed E-state index contributed by atoms with van der Waals surface area (Å²) in [7, 11) is 0. The fraction of sp³-hybridized carbons (Fsp3) is 0.154. The Kier molecular flexibility index (Phi) is 6.38. The molecule has 1 heterocycles. The fourth-order valence-electron chi connectivity index (χ4n) is 3.44. The Bertz CT molecular complexity index is 1280. The van der Waals surface area contributed by atoms with Crippen molar-refractivity contribution in [3.63, 3.8) is 0 Å². The minimum absolute atomic E-state index is 0.0885. The molecule has 0 saturated carbocycles. The molecule has 4 rings (SSSR count). The second-order valence-electron chi connectivity index (χ2n) is 8.14. The third kappa shape index (κ3) is 5.02. The Balaban J connectivity index is 1.58. The van der Waals surface area contributed by atoms with Crippen LogP contribution in [0.2, 0.25) is 5.02 Å². The van der Waals surface area contributed by atoms with Crippen LogP contribution in [0.3, 0.4) is 0 Å². The largest absolute Gasteiger partial charge is 0.479 e. The van der Waals surface area contributed by atoms with Gasteiger partial charge in [0.25, 0.3) is 0 Å². The van der Waals surface area contributed by atoms with Crippen molar-refractivity contribution >= 4 is 17.5 Å². The van der Waals surface area contributed by atoms with Gasteiger partial charge in [0, 0.05) is 17.7 Å². The van der Waals surface area contributed by atoms with Gasteiger partial charge in [-0.05, 0) is 37.1 Å². The van der Waals surface area contributed by atoms with Gasteiger partial charge in [-0.3, -0.25) is 4.79 Å². The lowest BCUT2D eigenvalue weighted by Gasteiger charge is -2.24. The first-order valence-electron chi connectivity index (χ1n) is 10.5. The predicted molar refractivity (Wildman–Crippen MR) is 129 cm³/mol. The number of nitrogens with zero attached hydrogens (tertiary/aromatic N) is 3. The van der Waals surface area contributed by atoms with Crippen LogP contribution in [0.15, 0.2) is 78.9 Å². The van der Waals surface area contributed by atoms with E-state index in [1.165, 1.54) is 0 Å². The zero-order valence-corrected chi connectivity index (χ0v) is 19.0. The van der Waals surface area contributed by atoms with E-state index in [1.54, 1.807) is 6.07 Å². The Labute approximate surface area is 197 Å². The topological polar surface area (TPSA) is 88.0 Å². The number of carbonyl (C=O) groups excluding carboxylic acids is 1. The van der Waals surface area contributed by atoms with Gasteiger partial charge in [0.15, 0.2) is 11.6 Å². The van der Waals surface area contributed by atoms with Crippen molar-refractivity contribution in [3.05, 3.63) is 95.0 Å². The van der Waals surface area contributed by atoms with Gasteiger partial charge in [-0.1, -0.05) is 78.3 Å². The normalized spacial score (nSPS) is 11.2. The van der Waals surface area contributed by atoms with Crippen molar-refractivity contribution in [2.75, 3.05) is 0 Å². The molecule has 0 bridgehead atoms. The summed E-state index contributed by atoms with van der Waals surface area (Å²) < 4.78 is 0. The minimum atomic E-state index is -0.679. The van der Waals surface area contributed by atoms with Crippen molar-refractivity contribution in [2.45, 2.75) is 25.8 Å². The van der Waals surface area contributed by atoms with E-state index >= 15 is 0 Å². The van der Waals surface area contributed by atoms with Gasteiger partial charge in [0.1, 0.15) is 0 Å². The molecule has 4 aromatic rings. The predicted octanol–water partition coefficient (Wildman–Crippen LogP) is 5.16. The molecule has 0 spiro atoms. The molecule has 1 amide bonds. The Morgan fingerprint density at radius 3 is 2.24 bits per heavy atom. The first-order valence-corrected chi connectivity index (χ1v) is 10.9.